The van der Waals surface area contributed by atoms with Crippen molar-refractivity contribution in [3.8, 4) is 17.1 Å². The molecular weight excluding hydrogens is 300 g/mol. The summed E-state index contributed by atoms with van der Waals surface area (Å²) >= 11 is 12.2. The molecule has 20 heavy (non-hydrogen) atoms. The van der Waals surface area contributed by atoms with Crippen LogP contribution in [0.4, 0.5) is 4.39 Å². The van der Waals surface area contributed by atoms with Crippen LogP contribution >= 0.6 is 23.2 Å². The fraction of sp³-hybridized carbons (Fsp3) is 0. The monoisotopic (exact) mass is 307 g/mol. The van der Waals surface area contributed by atoms with E-state index in [2.05, 4.69) is 10.2 Å². The molecule has 3 nitrogen and oxygen atoms in total. The molecule has 0 amide bonds. The van der Waals surface area contributed by atoms with Crippen LogP contribution in [0.3, 0.4) is 0 Å². The van der Waals surface area contributed by atoms with Gasteiger partial charge in [-0.1, -0.05) is 41.9 Å². The maximum absolute atomic E-state index is 13.2. The van der Waals surface area contributed by atoms with Crippen LogP contribution in [0.2, 0.25) is 10.3 Å². The van der Waals surface area contributed by atoms with Crippen molar-refractivity contribution < 1.29 is 4.39 Å². The Morgan fingerprint density at radius 3 is 2.40 bits per heavy atom. The molecule has 0 spiro atoms. The summed E-state index contributed by atoms with van der Waals surface area (Å²) in [7, 11) is 0. The molecule has 0 radical (unpaired) electrons. The minimum Gasteiger partial charge on any atom is -0.264 e. The molecule has 0 aliphatic rings. The van der Waals surface area contributed by atoms with E-state index in [4.69, 9.17) is 23.2 Å². The van der Waals surface area contributed by atoms with Gasteiger partial charge in [-0.25, -0.2) is 4.39 Å². The lowest BCUT2D eigenvalue weighted by Gasteiger charge is -2.09. The zero-order chi connectivity index (χ0) is 14.1. The molecule has 1 aromatic heterocycles. The van der Waals surface area contributed by atoms with Gasteiger partial charge in [0.05, 0.1) is 10.7 Å². The van der Waals surface area contributed by atoms with E-state index < -0.39 is 5.82 Å². The third-order valence-corrected chi connectivity index (χ3v) is 3.35. The summed E-state index contributed by atoms with van der Waals surface area (Å²) in [5.74, 6) is 0.133. The van der Waals surface area contributed by atoms with Crippen molar-refractivity contribution in [3.05, 3.63) is 64.7 Å². The molecule has 3 aromatic rings. The van der Waals surface area contributed by atoms with E-state index in [9.17, 15) is 4.39 Å². The van der Waals surface area contributed by atoms with Gasteiger partial charge in [0.2, 0.25) is 5.28 Å². The van der Waals surface area contributed by atoms with Gasteiger partial charge >= 0.3 is 0 Å². The second-order valence-corrected chi connectivity index (χ2v) is 4.84. The number of aromatic nitrogens is 3. The third-order valence-electron chi connectivity index (χ3n) is 2.81. The SMILES string of the molecule is Fc1ccc(-n2c(Cl)nnc2-c2ccccc2)c(Cl)c1. The topological polar surface area (TPSA) is 30.7 Å². The van der Waals surface area contributed by atoms with Crippen LogP contribution in [-0.2, 0) is 0 Å². The van der Waals surface area contributed by atoms with Crippen LogP contribution in [0, 0.1) is 5.82 Å². The maximum Gasteiger partial charge on any atom is 0.229 e. The van der Waals surface area contributed by atoms with Gasteiger partial charge in [0.25, 0.3) is 0 Å². The van der Waals surface area contributed by atoms with Crippen LogP contribution in [0.1, 0.15) is 0 Å². The first-order valence-electron chi connectivity index (χ1n) is 5.78. The first-order chi connectivity index (χ1) is 9.66. The molecule has 0 bridgehead atoms. The number of hydrogen-bond acceptors (Lipinski definition) is 2. The molecule has 0 N–H and O–H groups in total. The van der Waals surface area contributed by atoms with Gasteiger partial charge < -0.3 is 0 Å². The Labute approximate surface area is 124 Å². The number of hydrogen-bond donors (Lipinski definition) is 0. The van der Waals surface area contributed by atoms with Crippen molar-refractivity contribution in [2.75, 3.05) is 0 Å². The second-order valence-electron chi connectivity index (χ2n) is 4.09. The van der Waals surface area contributed by atoms with Gasteiger partial charge in [-0.2, -0.15) is 0 Å². The zero-order valence-electron chi connectivity index (χ0n) is 10.1. The lowest BCUT2D eigenvalue weighted by molar-refractivity contribution is 0.627. The second kappa shape index (κ2) is 5.23. The van der Waals surface area contributed by atoms with Gasteiger partial charge in [0, 0.05) is 5.56 Å². The van der Waals surface area contributed by atoms with Gasteiger partial charge in [0.1, 0.15) is 5.82 Å². The lowest BCUT2D eigenvalue weighted by Crippen LogP contribution is -1.99. The van der Waals surface area contributed by atoms with Crippen LogP contribution in [0.15, 0.2) is 48.5 Å². The number of rotatable bonds is 2. The Bertz CT molecular complexity index is 756. The highest BCUT2D eigenvalue weighted by Gasteiger charge is 2.16. The molecule has 100 valence electrons. The van der Waals surface area contributed by atoms with E-state index in [1.54, 1.807) is 10.6 Å². The molecule has 0 unspecified atom stereocenters. The smallest absolute Gasteiger partial charge is 0.229 e. The van der Waals surface area contributed by atoms with Crippen molar-refractivity contribution >= 4 is 23.2 Å². The van der Waals surface area contributed by atoms with Gasteiger partial charge in [-0.15, -0.1) is 10.2 Å². The summed E-state index contributed by atoms with van der Waals surface area (Å²) in [6, 6.07) is 13.5. The fourth-order valence-corrected chi connectivity index (χ4v) is 2.38. The van der Waals surface area contributed by atoms with Crippen LogP contribution < -0.4 is 0 Å². The summed E-state index contributed by atoms with van der Waals surface area (Å²) in [5.41, 5.74) is 1.37. The van der Waals surface area contributed by atoms with Crippen LogP contribution in [0.25, 0.3) is 17.1 Å². The van der Waals surface area contributed by atoms with E-state index >= 15 is 0 Å². The molecule has 6 heteroatoms. The highest BCUT2D eigenvalue weighted by molar-refractivity contribution is 6.33. The summed E-state index contributed by atoms with van der Waals surface area (Å²) in [4.78, 5) is 0. The molecule has 0 saturated heterocycles. The summed E-state index contributed by atoms with van der Waals surface area (Å²) in [6.45, 7) is 0. The number of nitrogens with zero attached hydrogens (tertiary/aromatic N) is 3. The van der Waals surface area contributed by atoms with Crippen LogP contribution in [-0.4, -0.2) is 14.8 Å². The van der Waals surface area contributed by atoms with Crippen molar-refractivity contribution in [2.45, 2.75) is 0 Å². The Morgan fingerprint density at radius 2 is 1.70 bits per heavy atom. The van der Waals surface area contributed by atoms with Gasteiger partial charge in [-0.3, -0.25) is 4.57 Å². The average Bonchev–Trinajstić information content (AvgIpc) is 2.82. The summed E-state index contributed by atoms with van der Waals surface area (Å²) in [6.07, 6.45) is 0. The van der Waals surface area contributed by atoms with E-state index in [0.29, 0.717) is 11.5 Å². The Balaban J connectivity index is 2.22. The molecule has 3 rings (SSSR count). The van der Waals surface area contributed by atoms with Gasteiger partial charge in [0.15, 0.2) is 5.82 Å². The van der Waals surface area contributed by atoms with E-state index in [0.717, 1.165) is 5.56 Å². The molecule has 0 aliphatic heterocycles. The maximum atomic E-state index is 13.2. The molecule has 0 fully saturated rings. The first kappa shape index (κ1) is 13.1. The number of benzene rings is 2. The normalized spacial score (nSPS) is 10.8. The molecule has 0 saturated carbocycles. The Hall–Kier alpha value is -1.91. The molecule has 0 atom stereocenters. The van der Waals surface area contributed by atoms with Crippen molar-refractivity contribution in [1.29, 1.82) is 0 Å². The molecule has 2 aromatic carbocycles. The minimum absolute atomic E-state index is 0.164. The Kier molecular flexibility index (Phi) is 3.42. The minimum atomic E-state index is -0.413. The van der Waals surface area contributed by atoms with Gasteiger partial charge in [-0.05, 0) is 29.8 Å². The van der Waals surface area contributed by atoms with Crippen molar-refractivity contribution in [2.24, 2.45) is 0 Å². The molecule has 0 aliphatic carbocycles. The quantitative estimate of drug-likeness (QED) is 0.703. The Morgan fingerprint density at radius 1 is 0.950 bits per heavy atom. The first-order valence-corrected chi connectivity index (χ1v) is 6.54. The predicted molar refractivity (Wildman–Crippen MR) is 76.8 cm³/mol. The van der Waals surface area contributed by atoms with Crippen molar-refractivity contribution in [1.82, 2.24) is 14.8 Å². The van der Waals surface area contributed by atoms with E-state index in [1.165, 1.54) is 12.1 Å². The van der Waals surface area contributed by atoms with Crippen molar-refractivity contribution in [3.63, 3.8) is 0 Å². The zero-order valence-corrected chi connectivity index (χ0v) is 11.6. The highest BCUT2D eigenvalue weighted by atomic mass is 35.5. The predicted octanol–water partition coefficient (Wildman–Crippen LogP) is 4.38. The molecular formula is C14H8Cl2FN3. The average molecular weight is 308 g/mol. The third kappa shape index (κ3) is 2.28. The van der Waals surface area contributed by atoms with E-state index in [-0.39, 0.29) is 10.3 Å². The highest BCUT2D eigenvalue weighted by Crippen LogP contribution is 2.29. The standard InChI is InChI=1S/C14H8Cl2FN3/c15-11-8-10(17)6-7-12(11)20-13(18-19-14(20)16)9-4-2-1-3-5-9/h1-8H. The van der Waals surface area contributed by atoms with Crippen LogP contribution in [0.5, 0.6) is 0 Å². The number of halogens is 3. The lowest BCUT2D eigenvalue weighted by atomic mass is 10.2. The summed E-state index contributed by atoms with van der Waals surface area (Å²) < 4.78 is 14.7. The largest absolute Gasteiger partial charge is 0.264 e. The summed E-state index contributed by atoms with van der Waals surface area (Å²) in [5, 5.41) is 8.32. The van der Waals surface area contributed by atoms with E-state index in [1.807, 2.05) is 30.3 Å². The fourth-order valence-electron chi connectivity index (χ4n) is 1.92. The molecule has 1 heterocycles.